The Bertz CT molecular complexity index is 513. The third-order valence-electron chi connectivity index (χ3n) is 2.56. The molecule has 1 rings (SSSR count). The van der Waals surface area contributed by atoms with Crippen LogP contribution in [0.5, 0.6) is 0 Å². The first-order valence-corrected chi connectivity index (χ1v) is 8.33. The third-order valence-corrected chi connectivity index (χ3v) is 4.77. The summed E-state index contributed by atoms with van der Waals surface area (Å²) in [4.78, 5) is 12.6. The molecule has 2 atom stereocenters. The number of carbonyl (C=O) groups is 1. The Morgan fingerprint density at radius 1 is 1.63 bits per heavy atom. The Hall–Kier alpha value is -1.16. The molecule has 6 heteroatoms. The highest BCUT2D eigenvalue weighted by atomic mass is 32.2. The molecule has 1 aromatic heterocycles. The van der Waals surface area contributed by atoms with E-state index in [1.54, 1.807) is 17.7 Å². The Balaban J connectivity index is 2.45. The summed E-state index contributed by atoms with van der Waals surface area (Å²) in [5.41, 5.74) is 0.567. The first-order valence-electron chi connectivity index (χ1n) is 5.83. The smallest absolute Gasteiger partial charge is 0.252 e. The highest BCUT2D eigenvalue weighted by Gasteiger charge is 2.09. The molecule has 0 saturated heterocycles. The largest absolute Gasteiger partial charge is 0.384 e. The predicted molar refractivity (Wildman–Crippen MR) is 78.8 cm³/mol. The van der Waals surface area contributed by atoms with E-state index in [0.29, 0.717) is 18.5 Å². The first kappa shape index (κ1) is 15.9. The third kappa shape index (κ3) is 5.55. The van der Waals surface area contributed by atoms with Crippen molar-refractivity contribution in [3.63, 3.8) is 0 Å². The van der Waals surface area contributed by atoms with Crippen LogP contribution in [-0.2, 0) is 10.8 Å². The van der Waals surface area contributed by atoms with Crippen molar-refractivity contribution in [3.8, 4) is 11.8 Å². The second-order valence-corrected chi connectivity index (χ2v) is 6.73. The Morgan fingerprint density at radius 2 is 2.37 bits per heavy atom. The normalized spacial score (nSPS) is 13.2. The van der Waals surface area contributed by atoms with Crippen molar-refractivity contribution in [2.24, 2.45) is 0 Å². The molecule has 0 aliphatic heterocycles. The highest BCUT2D eigenvalue weighted by molar-refractivity contribution is 7.84. The second-order valence-electron chi connectivity index (χ2n) is 4.01. The lowest BCUT2D eigenvalue weighted by Crippen LogP contribution is -2.27. The maximum Gasteiger partial charge on any atom is 0.252 e. The number of amides is 1. The number of nitrogens with one attached hydrogen (secondary N) is 1. The van der Waals surface area contributed by atoms with Crippen molar-refractivity contribution in [3.05, 3.63) is 21.9 Å². The lowest BCUT2D eigenvalue weighted by Gasteiger charge is -2.08. The van der Waals surface area contributed by atoms with Crippen molar-refractivity contribution in [1.82, 2.24) is 5.32 Å². The van der Waals surface area contributed by atoms with Gasteiger partial charge in [-0.15, -0.1) is 11.3 Å². The van der Waals surface area contributed by atoms with Gasteiger partial charge in [-0.1, -0.05) is 18.8 Å². The minimum absolute atomic E-state index is 0.0776. The van der Waals surface area contributed by atoms with Gasteiger partial charge in [0.2, 0.25) is 0 Å². The lowest BCUT2D eigenvalue weighted by atomic mass is 10.2. The number of rotatable bonds is 5. The zero-order valence-corrected chi connectivity index (χ0v) is 12.6. The molecule has 0 saturated carbocycles. The van der Waals surface area contributed by atoms with Crippen LogP contribution in [-0.4, -0.2) is 39.9 Å². The maximum absolute atomic E-state index is 11.8. The fraction of sp³-hybridized carbons (Fsp3) is 0.462. The van der Waals surface area contributed by atoms with Crippen LogP contribution in [0.4, 0.5) is 0 Å². The molecule has 0 spiro atoms. The number of hydrogen-bond acceptors (Lipinski definition) is 4. The van der Waals surface area contributed by atoms with Crippen LogP contribution in [0.3, 0.4) is 0 Å². The minimum atomic E-state index is -0.860. The molecule has 1 aromatic rings. The number of thiophene rings is 1. The molecular weight excluding hydrogens is 282 g/mol. The molecule has 1 amide bonds. The van der Waals surface area contributed by atoms with E-state index in [1.165, 1.54) is 11.3 Å². The van der Waals surface area contributed by atoms with Gasteiger partial charge in [0.15, 0.2) is 0 Å². The average Bonchev–Trinajstić information content (AvgIpc) is 2.84. The molecule has 4 nitrogen and oxygen atoms in total. The zero-order valence-electron chi connectivity index (χ0n) is 10.9. The topological polar surface area (TPSA) is 66.4 Å². The van der Waals surface area contributed by atoms with Crippen LogP contribution < -0.4 is 5.32 Å². The maximum atomic E-state index is 11.8. The molecule has 2 unspecified atom stereocenters. The van der Waals surface area contributed by atoms with Gasteiger partial charge in [0.05, 0.1) is 10.4 Å². The van der Waals surface area contributed by atoms with Gasteiger partial charge >= 0.3 is 0 Å². The number of aliphatic hydroxyl groups excluding tert-OH is 1. The Kier molecular flexibility index (Phi) is 6.78. The molecule has 0 bridgehead atoms. The van der Waals surface area contributed by atoms with E-state index in [4.69, 9.17) is 5.11 Å². The molecule has 104 valence electrons. The molecule has 0 aliphatic rings. The quantitative estimate of drug-likeness (QED) is 0.797. The van der Waals surface area contributed by atoms with Gasteiger partial charge in [-0.25, -0.2) is 0 Å². The predicted octanol–water partition coefficient (Wildman–Crippen LogP) is 0.979. The Morgan fingerprint density at radius 3 is 3.00 bits per heavy atom. The summed E-state index contributed by atoms with van der Waals surface area (Å²) in [5.74, 6) is 5.14. The lowest BCUT2D eigenvalue weighted by molar-refractivity contribution is 0.0953. The van der Waals surface area contributed by atoms with Crippen LogP contribution in [0.1, 0.15) is 28.6 Å². The monoisotopic (exact) mass is 299 g/mol. The van der Waals surface area contributed by atoms with Crippen molar-refractivity contribution in [2.75, 3.05) is 19.4 Å². The fourth-order valence-corrected chi connectivity index (χ4v) is 2.51. The van der Waals surface area contributed by atoms with E-state index in [1.807, 2.05) is 6.92 Å². The highest BCUT2D eigenvalue weighted by Crippen LogP contribution is 2.13. The van der Waals surface area contributed by atoms with Crippen molar-refractivity contribution >= 4 is 28.0 Å². The number of hydrogen-bond donors (Lipinski definition) is 2. The summed E-state index contributed by atoms with van der Waals surface area (Å²) >= 11 is 1.37. The number of aliphatic hydroxyl groups is 1. The summed E-state index contributed by atoms with van der Waals surface area (Å²) in [6.07, 6.45) is 2.35. The van der Waals surface area contributed by atoms with Crippen LogP contribution in [0.15, 0.2) is 11.4 Å². The molecule has 0 radical (unpaired) electrons. The molecule has 0 fully saturated rings. The Labute approximate surface area is 119 Å². The molecule has 2 N–H and O–H groups in total. The molecular formula is C13H17NO3S2. The van der Waals surface area contributed by atoms with E-state index in [9.17, 15) is 9.00 Å². The van der Waals surface area contributed by atoms with Gasteiger partial charge in [-0.05, 0) is 12.5 Å². The van der Waals surface area contributed by atoms with Gasteiger partial charge in [0.1, 0.15) is 6.61 Å². The van der Waals surface area contributed by atoms with Gasteiger partial charge in [-0.3, -0.25) is 9.00 Å². The van der Waals surface area contributed by atoms with Crippen molar-refractivity contribution < 1.29 is 14.1 Å². The summed E-state index contributed by atoms with van der Waals surface area (Å²) in [5, 5.41) is 13.2. The van der Waals surface area contributed by atoms with E-state index in [0.717, 1.165) is 4.88 Å². The van der Waals surface area contributed by atoms with Crippen LogP contribution in [0.2, 0.25) is 0 Å². The summed E-state index contributed by atoms with van der Waals surface area (Å²) in [6.45, 7) is 2.22. The van der Waals surface area contributed by atoms with E-state index < -0.39 is 10.8 Å². The van der Waals surface area contributed by atoms with Gasteiger partial charge < -0.3 is 10.4 Å². The summed E-state index contributed by atoms with van der Waals surface area (Å²) < 4.78 is 11.2. The van der Waals surface area contributed by atoms with Gasteiger partial charge in [-0.2, -0.15) is 0 Å². The summed E-state index contributed by atoms with van der Waals surface area (Å²) in [6, 6.07) is 1.70. The molecule has 0 aliphatic carbocycles. The first-order chi connectivity index (χ1) is 9.04. The van der Waals surface area contributed by atoms with E-state index in [-0.39, 0.29) is 17.8 Å². The van der Waals surface area contributed by atoms with Crippen molar-refractivity contribution in [1.29, 1.82) is 0 Å². The molecule has 19 heavy (non-hydrogen) atoms. The average molecular weight is 299 g/mol. The minimum Gasteiger partial charge on any atom is -0.384 e. The zero-order chi connectivity index (χ0) is 14.3. The van der Waals surface area contributed by atoms with E-state index in [2.05, 4.69) is 17.2 Å². The van der Waals surface area contributed by atoms with Gasteiger partial charge in [0.25, 0.3) is 5.91 Å². The molecule has 0 aromatic carbocycles. The van der Waals surface area contributed by atoms with Crippen LogP contribution in [0, 0.1) is 11.8 Å². The second kappa shape index (κ2) is 8.10. The number of carbonyl (C=O) groups excluding carboxylic acids is 1. The van der Waals surface area contributed by atoms with E-state index >= 15 is 0 Å². The van der Waals surface area contributed by atoms with Crippen molar-refractivity contribution in [2.45, 2.75) is 18.6 Å². The van der Waals surface area contributed by atoms with Crippen LogP contribution in [0.25, 0.3) is 0 Å². The summed E-state index contributed by atoms with van der Waals surface area (Å²) in [7, 11) is -0.860. The van der Waals surface area contributed by atoms with Crippen LogP contribution >= 0.6 is 11.3 Å². The standard InChI is InChI=1S/C13H17NO3S2/c1-10(19(2)17)5-6-14-13(16)11-8-12(18-9-11)4-3-7-15/h8-10,15H,5-7H2,1-2H3,(H,14,16). The fourth-order valence-electron chi connectivity index (χ4n) is 1.30. The SMILES string of the molecule is CC(CCNC(=O)c1csc(C#CCO)c1)S(C)=O. The van der Waals surface area contributed by atoms with Gasteiger partial charge in [0, 0.05) is 34.2 Å². The molecule has 1 heterocycles.